The Hall–Kier alpha value is -0.530. The molecule has 14 heavy (non-hydrogen) atoms. The fourth-order valence-electron chi connectivity index (χ4n) is 1.10. The zero-order valence-electron chi connectivity index (χ0n) is 7.64. The summed E-state index contributed by atoms with van der Waals surface area (Å²) in [5, 5.41) is 0.174. The number of halogens is 3. The largest absolute Gasteiger partial charge is 0.205 e. The van der Waals surface area contributed by atoms with E-state index >= 15 is 0 Å². The van der Waals surface area contributed by atoms with E-state index in [1.165, 1.54) is 0 Å². The third-order valence-corrected chi connectivity index (χ3v) is 2.32. The van der Waals surface area contributed by atoms with Gasteiger partial charge in [-0.2, -0.15) is 0 Å². The van der Waals surface area contributed by atoms with E-state index in [0.29, 0.717) is 17.9 Å². The highest BCUT2D eigenvalue weighted by molar-refractivity contribution is 6.30. The van der Waals surface area contributed by atoms with Crippen LogP contribution in [-0.2, 0) is 6.42 Å². The van der Waals surface area contributed by atoms with Crippen LogP contribution in [0.2, 0.25) is 5.02 Å². The van der Waals surface area contributed by atoms with Gasteiger partial charge < -0.3 is 0 Å². The molecule has 0 fully saturated rings. The first-order chi connectivity index (χ1) is 6.75. The van der Waals surface area contributed by atoms with Crippen LogP contribution in [0.1, 0.15) is 12.0 Å². The minimum Gasteiger partial charge on any atom is -0.205 e. The molecular formula is C11H11Cl2F. The normalized spacial score (nSPS) is 11.1. The van der Waals surface area contributed by atoms with E-state index in [0.717, 1.165) is 6.42 Å². The monoisotopic (exact) mass is 232 g/mol. The Labute approximate surface area is 93.3 Å². The van der Waals surface area contributed by atoms with Crippen LogP contribution in [0.4, 0.5) is 4.39 Å². The lowest BCUT2D eigenvalue weighted by Crippen LogP contribution is -1.88. The van der Waals surface area contributed by atoms with Gasteiger partial charge in [-0.25, -0.2) is 4.39 Å². The van der Waals surface area contributed by atoms with Crippen LogP contribution in [0.25, 0.3) is 0 Å². The fourth-order valence-corrected chi connectivity index (χ4v) is 1.42. The first kappa shape index (κ1) is 11.5. The highest BCUT2D eigenvalue weighted by atomic mass is 35.5. The van der Waals surface area contributed by atoms with Crippen molar-refractivity contribution in [2.75, 3.05) is 5.88 Å². The van der Waals surface area contributed by atoms with Crippen LogP contribution in [-0.4, -0.2) is 5.88 Å². The molecule has 0 aromatic heterocycles. The third-order valence-electron chi connectivity index (χ3n) is 1.81. The molecule has 0 atom stereocenters. The summed E-state index contributed by atoms with van der Waals surface area (Å²) in [7, 11) is 0. The zero-order valence-corrected chi connectivity index (χ0v) is 9.15. The summed E-state index contributed by atoms with van der Waals surface area (Å²) in [5.41, 5.74) is 0.614. The smallest absolute Gasteiger partial charge is 0.145 e. The molecule has 0 radical (unpaired) electrons. The Bertz CT molecular complexity index is 321. The molecule has 0 saturated heterocycles. The number of hydrogen-bond acceptors (Lipinski definition) is 0. The molecule has 0 bridgehead atoms. The maximum absolute atomic E-state index is 13.3. The average molecular weight is 233 g/mol. The van der Waals surface area contributed by atoms with Gasteiger partial charge in [0.1, 0.15) is 5.82 Å². The Morgan fingerprint density at radius 1 is 1.29 bits per heavy atom. The first-order valence-electron chi connectivity index (χ1n) is 4.39. The van der Waals surface area contributed by atoms with E-state index in [4.69, 9.17) is 23.2 Å². The second kappa shape index (κ2) is 6.05. The molecule has 0 nitrogen and oxygen atoms in total. The van der Waals surface area contributed by atoms with Gasteiger partial charge in [0.2, 0.25) is 0 Å². The third kappa shape index (κ3) is 3.32. The maximum atomic E-state index is 13.3. The summed E-state index contributed by atoms with van der Waals surface area (Å²) in [5.74, 6) is 0.263. The molecule has 0 heterocycles. The van der Waals surface area contributed by atoms with Crippen molar-refractivity contribution in [3.8, 4) is 0 Å². The van der Waals surface area contributed by atoms with E-state index in [1.807, 2.05) is 12.2 Å². The minimum absolute atomic E-state index is 0.174. The van der Waals surface area contributed by atoms with Crippen LogP contribution < -0.4 is 0 Å². The van der Waals surface area contributed by atoms with Gasteiger partial charge in [0.05, 0.1) is 5.02 Å². The van der Waals surface area contributed by atoms with E-state index in [1.54, 1.807) is 18.2 Å². The van der Waals surface area contributed by atoms with Crippen LogP contribution in [0, 0.1) is 5.82 Å². The van der Waals surface area contributed by atoms with Crippen molar-refractivity contribution >= 4 is 23.2 Å². The second-order valence-electron chi connectivity index (χ2n) is 2.87. The number of benzene rings is 1. The molecule has 0 aliphatic heterocycles. The molecule has 0 spiro atoms. The van der Waals surface area contributed by atoms with E-state index in [9.17, 15) is 4.39 Å². The molecule has 0 N–H and O–H groups in total. The Kier molecular flexibility index (Phi) is 4.99. The van der Waals surface area contributed by atoms with Crippen LogP contribution in [0.5, 0.6) is 0 Å². The summed E-state index contributed by atoms with van der Waals surface area (Å²) >= 11 is 11.1. The van der Waals surface area contributed by atoms with E-state index < -0.39 is 0 Å². The van der Waals surface area contributed by atoms with Gasteiger partial charge in [-0.1, -0.05) is 35.9 Å². The molecule has 0 amide bonds. The van der Waals surface area contributed by atoms with Crippen LogP contribution in [0.15, 0.2) is 30.4 Å². The molecule has 3 heteroatoms. The van der Waals surface area contributed by atoms with Gasteiger partial charge in [-0.05, 0) is 24.5 Å². The van der Waals surface area contributed by atoms with Crippen LogP contribution >= 0.6 is 23.2 Å². The SMILES string of the molecule is Fc1c(Cl)cccc1C/C=C/CCCl. The summed E-state index contributed by atoms with van der Waals surface area (Å²) < 4.78 is 13.3. The van der Waals surface area contributed by atoms with E-state index in [2.05, 4.69) is 0 Å². The van der Waals surface area contributed by atoms with Crippen LogP contribution in [0.3, 0.4) is 0 Å². The predicted molar refractivity (Wildman–Crippen MR) is 59.6 cm³/mol. The van der Waals surface area contributed by atoms with Crippen molar-refractivity contribution in [2.24, 2.45) is 0 Å². The van der Waals surface area contributed by atoms with Crippen molar-refractivity contribution < 1.29 is 4.39 Å². The lowest BCUT2D eigenvalue weighted by molar-refractivity contribution is 0.615. The van der Waals surface area contributed by atoms with Crippen molar-refractivity contribution in [1.82, 2.24) is 0 Å². The summed E-state index contributed by atoms with van der Waals surface area (Å²) in [6.45, 7) is 0. The maximum Gasteiger partial charge on any atom is 0.145 e. The van der Waals surface area contributed by atoms with E-state index in [-0.39, 0.29) is 10.8 Å². The van der Waals surface area contributed by atoms with Crippen molar-refractivity contribution in [3.05, 3.63) is 46.8 Å². The predicted octanol–water partition coefficient (Wildman–Crippen LogP) is 4.21. The van der Waals surface area contributed by atoms with Gasteiger partial charge in [0, 0.05) is 5.88 Å². The number of allylic oxidation sites excluding steroid dienone is 2. The highest BCUT2D eigenvalue weighted by Gasteiger charge is 2.03. The number of hydrogen-bond donors (Lipinski definition) is 0. The minimum atomic E-state index is -0.329. The van der Waals surface area contributed by atoms with Crippen molar-refractivity contribution in [3.63, 3.8) is 0 Å². The molecule has 0 saturated carbocycles. The molecule has 1 rings (SSSR count). The lowest BCUT2D eigenvalue weighted by atomic mass is 10.1. The molecule has 0 unspecified atom stereocenters. The summed E-state index contributed by atoms with van der Waals surface area (Å²) in [6.07, 6.45) is 5.21. The molecule has 0 aliphatic rings. The zero-order chi connectivity index (χ0) is 10.4. The molecule has 1 aromatic rings. The second-order valence-corrected chi connectivity index (χ2v) is 3.65. The molecule has 0 aliphatic carbocycles. The quantitative estimate of drug-likeness (QED) is 0.539. The molecule has 76 valence electrons. The van der Waals surface area contributed by atoms with Crippen molar-refractivity contribution in [1.29, 1.82) is 0 Å². The van der Waals surface area contributed by atoms with Gasteiger partial charge in [0.15, 0.2) is 0 Å². The topological polar surface area (TPSA) is 0 Å². The highest BCUT2D eigenvalue weighted by Crippen LogP contribution is 2.18. The molecular weight excluding hydrogens is 222 g/mol. The first-order valence-corrected chi connectivity index (χ1v) is 5.31. The van der Waals surface area contributed by atoms with Crippen molar-refractivity contribution in [2.45, 2.75) is 12.8 Å². The summed E-state index contributed by atoms with van der Waals surface area (Å²) in [6, 6.07) is 5.02. The fraction of sp³-hybridized carbons (Fsp3) is 0.273. The van der Waals surface area contributed by atoms with Gasteiger partial charge in [-0.15, -0.1) is 11.6 Å². The average Bonchev–Trinajstić information content (AvgIpc) is 2.19. The summed E-state index contributed by atoms with van der Waals surface area (Å²) in [4.78, 5) is 0. The number of rotatable bonds is 4. The Morgan fingerprint density at radius 2 is 2.07 bits per heavy atom. The molecule has 1 aromatic carbocycles. The van der Waals surface area contributed by atoms with Gasteiger partial charge >= 0.3 is 0 Å². The Balaban J connectivity index is 2.63. The standard InChI is InChI=1S/C11H11Cl2F/c12-8-3-1-2-5-9-6-4-7-10(13)11(9)14/h1-2,4,6-7H,3,5,8H2/b2-1+. The number of alkyl halides is 1. The Morgan fingerprint density at radius 3 is 2.79 bits per heavy atom. The van der Waals surface area contributed by atoms with Gasteiger partial charge in [-0.3, -0.25) is 0 Å². The lowest BCUT2D eigenvalue weighted by Gasteiger charge is -2.00. The van der Waals surface area contributed by atoms with Gasteiger partial charge in [0.25, 0.3) is 0 Å².